The van der Waals surface area contributed by atoms with Crippen molar-refractivity contribution < 1.29 is 19.1 Å². The molecule has 0 saturated carbocycles. The van der Waals surface area contributed by atoms with Crippen LogP contribution in [0.1, 0.15) is 36.6 Å². The van der Waals surface area contributed by atoms with Gasteiger partial charge in [-0.3, -0.25) is 25.8 Å². The fourth-order valence-electron chi connectivity index (χ4n) is 2.00. The van der Waals surface area contributed by atoms with Crippen LogP contribution < -0.4 is 16.2 Å². The Morgan fingerprint density at radius 2 is 1.52 bits per heavy atom. The van der Waals surface area contributed by atoms with Crippen LogP contribution in [0.3, 0.4) is 0 Å². The number of ether oxygens (including phenoxy) is 1. The van der Waals surface area contributed by atoms with Crippen LogP contribution in [0.2, 0.25) is 0 Å². The van der Waals surface area contributed by atoms with E-state index in [4.69, 9.17) is 12.2 Å². The Morgan fingerprint density at radius 3 is 2.11 bits per heavy atom. The lowest BCUT2D eigenvalue weighted by atomic mass is 10.1. The van der Waals surface area contributed by atoms with Gasteiger partial charge in [0.2, 0.25) is 0 Å². The van der Waals surface area contributed by atoms with Crippen LogP contribution in [-0.2, 0) is 4.74 Å². The monoisotopic (exact) mass is 449 g/mol. The molecule has 9 heteroatoms. The van der Waals surface area contributed by atoms with E-state index in [0.29, 0.717) is 16.7 Å². The molecule has 27 heavy (non-hydrogen) atoms. The average molecular weight is 450 g/mol. The second kappa shape index (κ2) is 9.24. The van der Waals surface area contributed by atoms with Gasteiger partial charge in [0.15, 0.2) is 5.11 Å². The van der Waals surface area contributed by atoms with Gasteiger partial charge in [0.05, 0.1) is 12.7 Å². The Balaban J connectivity index is 1.89. The number of amides is 2. The first-order valence-electron chi connectivity index (χ1n) is 7.68. The zero-order valence-electron chi connectivity index (χ0n) is 14.5. The summed E-state index contributed by atoms with van der Waals surface area (Å²) in [6, 6.07) is 11.0. The van der Waals surface area contributed by atoms with Gasteiger partial charge >= 0.3 is 5.97 Å². The van der Waals surface area contributed by atoms with Crippen molar-refractivity contribution in [2.75, 3.05) is 7.11 Å². The second-order valence-electron chi connectivity index (χ2n) is 5.40. The largest absolute Gasteiger partial charge is 0.465 e. The smallest absolute Gasteiger partial charge is 0.337 e. The zero-order chi connectivity index (χ0) is 20.0. The summed E-state index contributed by atoms with van der Waals surface area (Å²) in [5.41, 5.74) is 6.91. The number of esters is 1. The first-order chi connectivity index (χ1) is 12.8. The van der Waals surface area contributed by atoms with Crippen molar-refractivity contribution in [3.8, 4) is 0 Å². The summed E-state index contributed by atoms with van der Waals surface area (Å²) >= 11 is 8.35. The summed E-state index contributed by atoms with van der Waals surface area (Å²) < 4.78 is 5.40. The molecule has 7 nitrogen and oxygen atoms in total. The van der Waals surface area contributed by atoms with E-state index in [2.05, 4.69) is 36.8 Å². The molecule has 2 aromatic rings. The van der Waals surface area contributed by atoms with Crippen molar-refractivity contribution in [3.63, 3.8) is 0 Å². The van der Waals surface area contributed by atoms with E-state index in [1.54, 1.807) is 18.2 Å². The lowest BCUT2D eigenvalue weighted by Gasteiger charge is -2.11. The number of carbonyl (C=O) groups excluding carboxylic acids is 3. The van der Waals surface area contributed by atoms with Crippen molar-refractivity contribution >= 4 is 51.0 Å². The third-order valence-corrected chi connectivity index (χ3v) is 4.58. The summed E-state index contributed by atoms with van der Waals surface area (Å²) in [6.45, 7) is 1.91. The molecule has 0 bridgehead atoms. The number of carbonyl (C=O) groups is 3. The minimum atomic E-state index is -0.496. The van der Waals surface area contributed by atoms with Crippen molar-refractivity contribution in [1.82, 2.24) is 16.2 Å². The highest BCUT2D eigenvalue weighted by atomic mass is 79.9. The van der Waals surface area contributed by atoms with Crippen LogP contribution in [0.25, 0.3) is 0 Å². The molecule has 2 rings (SSSR count). The maximum atomic E-state index is 12.1. The lowest BCUT2D eigenvalue weighted by molar-refractivity contribution is 0.0600. The summed E-state index contributed by atoms with van der Waals surface area (Å²) in [7, 11) is 1.27. The molecule has 0 saturated heterocycles. The van der Waals surface area contributed by atoms with E-state index >= 15 is 0 Å². The van der Waals surface area contributed by atoms with Gasteiger partial charge in [0, 0.05) is 15.6 Å². The molecule has 140 valence electrons. The van der Waals surface area contributed by atoms with Gasteiger partial charge in [-0.15, -0.1) is 0 Å². The van der Waals surface area contributed by atoms with Crippen LogP contribution in [0.15, 0.2) is 46.9 Å². The number of thiocarbonyl (C=S) groups is 1. The molecule has 0 atom stereocenters. The topological polar surface area (TPSA) is 96.5 Å². The van der Waals surface area contributed by atoms with E-state index in [9.17, 15) is 14.4 Å². The molecule has 0 aliphatic heterocycles. The molecule has 0 aromatic heterocycles. The molecule has 0 radical (unpaired) electrons. The standard InChI is InChI=1S/C18H16BrN3O4S/c1-10-3-4-13(9-14(10)19)16(24)21-22-18(27)20-15(23)11-5-7-12(8-6-11)17(25)26-2/h3-9H,1-2H3,(H,21,24)(H2,20,22,23,27). The highest BCUT2D eigenvalue weighted by Gasteiger charge is 2.12. The fraction of sp³-hybridized carbons (Fsp3) is 0.111. The van der Waals surface area contributed by atoms with E-state index in [0.717, 1.165) is 10.0 Å². The zero-order valence-corrected chi connectivity index (χ0v) is 16.9. The predicted molar refractivity (Wildman–Crippen MR) is 107 cm³/mol. The second-order valence-corrected chi connectivity index (χ2v) is 6.66. The van der Waals surface area contributed by atoms with Crippen molar-refractivity contribution in [2.45, 2.75) is 6.92 Å². The SMILES string of the molecule is COC(=O)c1ccc(C(=O)NC(=S)NNC(=O)c2ccc(C)c(Br)c2)cc1. The molecule has 0 spiro atoms. The number of hydrogen-bond donors (Lipinski definition) is 3. The van der Waals surface area contributed by atoms with Gasteiger partial charge in [-0.25, -0.2) is 4.79 Å². The van der Waals surface area contributed by atoms with Crippen molar-refractivity contribution in [1.29, 1.82) is 0 Å². The minimum absolute atomic E-state index is 0.0726. The maximum Gasteiger partial charge on any atom is 0.337 e. The number of rotatable bonds is 3. The van der Waals surface area contributed by atoms with Crippen molar-refractivity contribution in [3.05, 3.63) is 69.2 Å². The summed E-state index contributed by atoms with van der Waals surface area (Å²) in [6.07, 6.45) is 0. The minimum Gasteiger partial charge on any atom is -0.465 e. The van der Waals surface area contributed by atoms with Gasteiger partial charge in [-0.05, 0) is 61.1 Å². The Bertz CT molecular complexity index is 900. The molecule has 0 fully saturated rings. The molecule has 0 aliphatic rings. The molecular formula is C18H16BrN3O4S. The summed E-state index contributed by atoms with van der Waals surface area (Å²) in [5.74, 6) is -1.39. The highest BCUT2D eigenvalue weighted by Crippen LogP contribution is 2.17. The Morgan fingerprint density at radius 1 is 0.926 bits per heavy atom. The number of methoxy groups -OCH3 is 1. The van der Waals surface area contributed by atoms with Gasteiger partial charge in [0.25, 0.3) is 11.8 Å². The normalized spacial score (nSPS) is 9.89. The third kappa shape index (κ3) is 5.60. The van der Waals surface area contributed by atoms with Crippen LogP contribution >= 0.6 is 28.1 Å². The first-order valence-corrected chi connectivity index (χ1v) is 8.88. The van der Waals surface area contributed by atoms with Gasteiger partial charge in [0.1, 0.15) is 0 Å². The van der Waals surface area contributed by atoms with Crippen LogP contribution in [0.4, 0.5) is 0 Å². The van der Waals surface area contributed by atoms with Crippen LogP contribution in [0, 0.1) is 6.92 Å². The number of benzene rings is 2. The first kappa shape index (κ1) is 20.5. The summed E-state index contributed by atoms with van der Waals surface area (Å²) in [4.78, 5) is 35.6. The molecule has 2 amide bonds. The quantitative estimate of drug-likeness (QED) is 0.378. The van der Waals surface area contributed by atoms with Crippen molar-refractivity contribution in [2.24, 2.45) is 0 Å². The summed E-state index contributed by atoms with van der Waals surface area (Å²) in [5, 5.41) is 2.35. The molecule has 0 heterocycles. The fourth-order valence-corrected chi connectivity index (χ4v) is 2.52. The van der Waals surface area contributed by atoms with Crippen LogP contribution in [0.5, 0.6) is 0 Å². The average Bonchev–Trinajstić information content (AvgIpc) is 2.67. The maximum absolute atomic E-state index is 12.1. The number of halogens is 1. The van der Waals surface area contributed by atoms with Gasteiger partial charge in [-0.2, -0.15) is 0 Å². The van der Waals surface area contributed by atoms with E-state index < -0.39 is 17.8 Å². The highest BCUT2D eigenvalue weighted by molar-refractivity contribution is 9.10. The molecule has 0 aliphatic carbocycles. The Labute approximate surface area is 169 Å². The molecule has 0 unspecified atom stereocenters. The lowest BCUT2D eigenvalue weighted by Crippen LogP contribution is -2.48. The van der Waals surface area contributed by atoms with Gasteiger partial charge < -0.3 is 4.74 Å². The van der Waals surface area contributed by atoms with E-state index in [-0.39, 0.29) is 5.11 Å². The third-order valence-electron chi connectivity index (χ3n) is 3.52. The number of nitrogens with one attached hydrogen (secondary N) is 3. The number of aryl methyl sites for hydroxylation is 1. The number of hydrazine groups is 1. The molecule has 2 aromatic carbocycles. The Kier molecular flexibility index (Phi) is 7.03. The van der Waals surface area contributed by atoms with E-state index in [1.165, 1.54) is 31.4 Å². The molecule has 3 N–H and O–H groups in total. The van der Waals surface area contributed by atoms with Gasteiger partial charge in [-0.1, -0.05) is 22.0 Å². The van der Waals surface area contributed by atoms with Crippen LogP contribution in [-0.4, -0.2) is 30.0 Å². The predicted octanol–water partition coefficient (Wildman–Crippen LogP) is 2.49. The molecular weight excluding hydrogens is 434 g/mol. The Hall–Kier alpha value is -2.78. The van der Waals surface area contributed by atoms with E-state index in [1.807, 2.05) is 6.92 Å². The number of hydrogen-bond acceptors (Lipinski definition) is 5.